The molecule has 0 aliphatic carbocycles. The zero-order chi connectivity index (χ0) is 12.5. The Kier molecular flexibility index (Phi) is 2.83. The summed E-state index contributed by atoms with van der Waals surface area (Å²) < 4.78 is 14.8. The van der Waals surface area contributed by atoms with Gasteiger partial charge in [-0.05, 0) is 24.1 Å². The van der Waals surface area contributed by atoms with Crippen molar-refractivity contribution in [3.8, 4) is 0 Å². The van der Waals surface area contributed by atoms with Crippen molar-refractivity contribution in [2.24, 2.45) is 0 Å². The van der Waals surface area contributed by atoms with Gasteiger partial charge in [0.2, 0.25) is 0 Å². The van der Waals surface area contributed by atoms with Gasteiger partial charge in [-0.1, -0.05) is 12.1 Å². The molecule has 0 saturated heterocycles. The lowest BCUT2D eigenvalue weighted by molar-refractivity contribution is 0.124. The molecule has 1 aromatic carbocycles. The molecule has 2 aromatic rings. The van der Waals surface area contributed by atoms with Crippen molar-refractivity contribution in [2.45, 2.75) is 31.9 Å². The van der Waals surface area contributed by atoms with Gasteiger partial charge in [0.25, 0.3) is 0 Å². The average molecular weight is 247 g/mol. The molecule has 1 unspecified atom stereocenters. The summed E-state index contributed by atoms with van der Waals surface area (Å²) in [4.78, 5) is 4.43. The summed E-state index contributed by atoms with van der Waals surface area (Å²) in [5.41, 5.74) is 0.860. The molecular formula is C13H14FN3O. The second-order valence-electron chi connectivity index (χ2n) is 4.63. The molecule has 3 rings (SSSR count). The number of halogens is 1. The highest BCUT2D eigenvalue weighted by Crippen LogP contribution is 2.15. The normalized spacial score (nSPS) is 18.7. The van der Waals surface area contributed by atoms with Crippen molar-refractivity contribution in [3.63, 3.8) is 0 Å². The second-order valence-corrected chi connectivity index (χ2v) is 4.63. The average Bonchev–Trinajstić information content (AvgIpc) is 2.70. The van der Waals surface area contributed by atoms with E-state index in [-0.39, 0.29) is 11.9 Å². The van der Waals surface area contributed by atoms with Crippen LogP contribution < -0.4 is 0 Å². The predicted octanol–water partition coefficient (Wildman–Crippen LogP) is 1.32. The maximum Gasteiger partial charge on any atom is 0.155 e. The van der Waals surface area contributed by atoms with Crippen molar-refractivity contribution in [3.05, 3.63) is 47.3 Å². The summed E-state index contributed by atoms with van der Waals surface area (Å²) in [7, 11) is 0. The molecule has 5 heteroatoms. The Morgan fingerprint density at radius 2 is 2.33 bits per heavy atom. The molecule has 0 saturated carbocycles. The molecule has 0 radical (unpaired) electrons. The van der Waals surface area contributed by atoms with E-state index in [1.165, 1.54) is 12.1 Å². The molecule has 0 bridgehead atoms. The summed E-state index contributed by atoms with van der Waals surface area (Å²) in [5, 5.41) is 13.9. The van der Waals surface area contributed by atoms with Crippen LogP contribution in [0.3, 0.4) is 0 Å². The van der Waals surface area contributed by atoms with Crippen LogP contribution in [0.2, 0.25) is 0 Å². The molecule has 18 heavy (non-hydrogen) atoms. The van der Waals surface area contributed by atoms with Crippen LogP contribution in [0, 0.1) is 5.82 Å². The van der Waals surface area contributed by atoms with Gasteiger partial charge >= 0.3 is 0 Å². The first-order chi connectivity index (χ1) is 8.70. The first kappa shape index (κ1) is 11.3. The van der Waals surface area contributed by atoms with Crippen molar-refractivity contribution < 1.29 is 9.50 Å². The van der Waals surface area contributed by atoms with E-state index < -0.39 is 0 Å². The number of aryl methyl sites for hydroxylation is 1. The van der Waals surface area contributed by atoms with Gasteiger partial charge in [-0.3, -0.25) is 0 Å². The molecule has 0 fully saturated rings. The number of aliphatic hydroxyl groups is 1. The van der Waals surface area contributed by atoms with E-state index in [0.29, 0.717) is 18.8 Å². The van der Waals surface area contributed by atoms with Crippen LogP contribution in [0.15, 0.2) is 24.3 Å². The third-order valence-electron chi connectivity index (χ3n) is 3.13. The molecule has 1 N–H and O–H groups in total. The quantitative estimate of drug-likeness (QED) is 0.870. The summed E-state index contributed by atoms with van der Waals surface area (Å²) >= 11 is 0. The van der Waals surface area contributed by atoms with E-state index in [4.69, 9.17) is 0 Å². The summed E-state index contributed by atoms with van der Waals surface area (Å²) in [6.45, 7) is 0.505. The highest BCUT2D eigenvalue weighted by Gasteiger charge is 2.19. The molecule has 1 aromatic heterocycles. The topological polar surface area (TPSA) is 50.9 Å². The third-order valence-corrected chi connectivity index (χ3v) is 3.13. The Labute approximate surface area is 104 Å². The Bertz CT molecular complexity index is 567. The molecular weight excluding hydrogens is 233 g/mol. The van der Waals surface area contributed by atoms with Crippen molar-refractivity contribution in [2.75, 3.05) is 0 Å². The molecule has 94 valence electrons. The first-order valence-electron chi connectivity index (χ1n) is 6.06. The minimum absolute atomic E-state index is 0.244. The molecule has 1 aliphatic heterocycles. The molecule has 4 nitrogen and oxygen atoms in total. The van der Waals surface area contributed by atoms with E-state index in [2.05, 4.69) is 10.1 Å². The number of benzene rings is 1. The largest absolute Gasteiger partial charge is 0.391 e. The van der Waals surface area contributed by atoms with E-state index in [1.807, 2.05) is 6.07 Å². The Morgan fingerprint density at radius 3 is 3.17 bits per heavy atom. The fraction of sp³-hybridized carbons (Fsp3) is 0.385. The zero-order valence-corrected chi connectivity index (χ0v) is 9.88. The zero-order valence-electron chi connectivity index (χ0n) is 9.88. The van der Waals surface area contributed by atoms with Crippen LogP contribution in [-0.4, -0.2) is 26.0 Å². The van der Waals surface area contributed by atoms with Gasteiger partial charge in [-0.2, -0.15) is 5.10 Å². The van der Waals surface area contributed by atoms with Crippen molar-refractivity contribution in [1.29, 1.82) is 0 Å². The maximum absolute atomic E-state index is 13.1. The maximum atomic E-state index is 13.1. The van der Waals surface area contributed by atoms with Gasteiger partial charge < -0.3 is 5.11 Å². The number of fused-ring (bicyclic) bond motifs is 1. The lowest BCUT2D eigenvalue weighted by Crippen LogP contribution is -2.25. The minimum atomic E-state index is -0.332. The van der Waals surface area contributed by atoms with Crippen LogP contribution in [0.4, 0.5) is 4.39 Å². The fourth-order valence-electron chi connectivity index (χ4n) is 2.25. The predicted molar refractivity (Wildman–Crippen MR) is 63.6 cm³/mol. The standard InChI is InChI=1S/C13H14FN3O/c14-10-3-1-2-9(6-10)7-12-15-13-5-4-11(18)8-17(13)16-12/h1-3,6,11,18H,4-5,7-8H2. The van der Waals surface area contributed by atoms with Crippen molar-refractivity contribution in [1.82, 2.24) is 14.8 Å². The van der Waals surface area contributed by atoms with E-state index in [1.54, 1.807) is 10.7 Å². The number of aliphatic hydroxyl groups excluding tert-OH is 1. The van der Waals surface area contributed by atoms with Crippen LogP contribution in [0.25, 0.3) is 0 Å². The Balaban J connectivity index is 1.82. The summed E-state index contributed by atoms with van der Waals surface area (Å²) in [6, 6.07) is 6.46. The number of aromatic nitrogens is 3. The highest BCUT2D eigenvalue weighted by atomic mass is 19.1. The summed E-state index contributed by atoms with van der Waals surface area (Å²) in [5.74, 6) is 1.35. The first-order valence-corrected chi connectivity index (χ1v) is 6.06. The van der Waals surface area contributed by atoms with Gasteiger partial charge in [0.15, 0.2) is 5.82 Å². The number of hydrogen-bond acceptors (Lipinski definition) is 3. The minimum Gasteiger partial charge on any atom is -0.391 e. The van der Waals surface area contributed by atoms with Gasteiger partial charge in [-0.25, -0.2) is 14.1 Å². The number of rotatable bonds is 2. The van der Waals surface area contributed by atoms with Gasteiger partial charge in [0, 0.05) is 12.8 Å². The van der Waals surface area contributed by atoms with Gasteiger partial charge in [0.05, 0.1) is 12.6 Å². The van der Waals surface area contributed by atoms with Gasteiger partial charge in [0.1, 0.15) is 11.6 Å². The van der Waals surface area contributed by atoms with Crippen LogP contribution >= 0.6 is 0 Å². The van der Waals surface area contributed by atoms with Gasteiger partial charge in [-0.15, -0.1) is 0 Å². The van der Waals surface area contributed by atoms with Crippen LogP contribution in [-0.2, 0) is 19.4 Å². The summed E-state index contributed by atoms with van der Waals surface area (Å²) in [6.07, 6.45) is 1.67. The molecule has 2 heterocycles. The molecule has 1 atom stereocenters. The third kappa shape index (κ3) is 2.26. The number of hydrogen-bond donors (Lipinski definition) is 1. The van der Waals surface area contributed by atoms with E-state index >= 15 is 0 Å². The monoisotopic (exact) mass is 247 g/mol. The Hall–Kier alpha value is -1.75. The smallest absolute Gasteiger partial charge is 0.155 e. The van der Waals surface area contributed by atoms with E-state index in [9.17, 15) is 9.50 Å². The molecule has 0 spiro atoms. The number of nitrogens with zero attached hydrogens (tertiary/aromatic N) is 3. The van der Waals surface area contributed by atoms with Crippen LogP contribution in [0.1, 0.15) is 23.6 Å². The van der Waals surface area contributed by atoms with E-state index in [0.717, 1.165) is 24.2 Å². The van der Waals surface area contributed by atoms with Crippen LogP contribution in [0.5, 0.6) is 0 Å². The lowest BCUT2D eigenvalue weighted by Gasteiger charge is -2.16. The van der Waals surface area contributed by atoms with Crippen molar-refractivity contribution >= 4 is 0 Å². The Morgan fingerprint density at radius 1 is 1.44 bits per heavy atom. The highest BCUT2D eigenvalue weighted by molar-refractivity contribution is 5.20. The SMILES string of the molecule is OC1CCc2nc(Cc3cccc(F)c3)nn2C1. The lowest BCUT2D eigenvalue weighted by atomic mass is 10.1. The fourth-order valence-corrected chi connectivity index (χ4v) is 2.25. The molecule has 0 amide bonds. The second kappa shape index (κ2) is 4.49. The molecule has 1 aliphatic rings.